The van der Waals surface area contributed by atoms with Gasteiger partial charge in [0, 0.05) is 12.5 Å². The first-order valence-electron chi connectivity index (χ1n) is 9.71. The van der Waals surface area contributed by atoms with Crippen LogP contribution in [0.15, 0.2) is 29.2 Å². The van der Waals surface area contributed by atoms with E-state index in [1.54, 1.807) is 0 Å². The van der Waals surface area contributed by atoms with Crippen LogP contribution in [-0.4, -0.2) is 50.8 Å². The highest BCUT2D eigenvalue weighted by Crippen LogP contribution is 2.26. The lowest BCUT2D eigenvalue weighted by Crippen LogP contribution is -2.51. The van der Waals surface area contributed by atoms with E-state index in [9.17, 15) is 22.7 Å². The molecule has 3 atom stereocenters. The molecule has 2 aliphatic rings. The molecule has 3 rings (SSSR count). The summed E-state index contributed by atoms with van der Waals surface area (Å²) < 4.78 is 46.6. The number of ether oxygens (including phenoxy) is 1. The van der Waals surface area contributed by atoms with Gasteiger partial charge in [-0.2, -0.15) is 0 Å². The molecule has 1 aromatic rings. The van der Waals surface area contributed by atoms with Gasteiger partial charge in [-0.3, -0.25) is 4.79 Å². The van der Waals surface area contributed by atoms with Crippen molar-refractivity contribution in [2.24, 2.45) is 5.92 Å². The molecule has 1 saturated heterocycles. The Kier molecular flexibility index (Phi) is 7.03. The van der Waals surface area contributed by atoms with Gasteiger partial charge in [-0.1, -0.05) is 12.5 Å². The maximum absolute atomic E-state index is 13.3. The van der Waals surface area contributed by atoms with E-state index in [0.717, 1.165) is 25.3 Å². The Labute approximate surface area is 164 Å². The second-order valence-corrected chi connectivity index (χ2v) is 9.16. The Morgan fingerprint density at radius 3 is 2.68 bits per heavy atom. The summed E-state index contributed by atoms with van der Waals surface area (Å²) in [5.74, 6) is -0.411. The number of rotatable bonds is 8. The largest absolute Gasteiger partial charge is 0.394 e. The van der Waals surface area contributed by atoms with Crippen molar-refractivity contribution in [1.29, 1.82) is 0 Å². The maximum Gasteiger partial charge on any atom is 0.241 e. The van der Waals surface area contributed by atoms with E-state index in [0.29, 0.717) is 25.8 Å². The normalized spacial score (nSPS) is 25.9. The Balaban J connectivity index is 1.50. The minimum Gasteiger partial charge on any atom is -0.394 e. The van der Waals surface area contributed by atoms with Crippen molar-refractivity contribution in [3.63, 3.8) is 0 Å². The van der Waals surface area contributed by atoms with Crippen molar-refractivity contribution in [3.8, 4) is 0 Å². The molecule has 28 heavy (non-hydrogen) atoms. The number of hydrogen-bond acceptors (Lipinski definition) is 5. The summed E-state index contributed by atoms with van der Waals surface area (Å²) >= 11 is 0. The van der Waals surface area contributed by atoms with Gasteiger partial charge in [-0.25, -0.2) is 17.5 Å². The molecule has 156 valence electrons. The van der Waals surface area contributed by atoms with Crippen molar-refractivity contribution in [2.75, 3.05) is 13.2 Å². The summed E-state index contributed by atoms with van der Waals surface area (Å²) in [6, 6.07) is 4.18. The first-order chi connectivity index (χ1) is 13.4. The Hall–Kier alpha value is -1.55. The number of carbonyl (C=O) groups excluding carboxylic acids is 1. The fourth-order valence-corrected chi connectivity index (χ4v) is 4.88. The van der Waals surface area contributed by atoms with Gasteiger partial charge in [-0.15, -0.1) is 0 Å². The summed E-state index contributed by atoms with van der Waals surface area (Å²) in [6.07, 6.45) is 3.86. The highest BCUT2D eigenvalue weighted by molar-refractivity contribution is 7.89. The first-order valence-corrected chi connectivity index (χ1v) is 11.2. The Morgan fingerprint density at radius 2 is 2.04 bits per heavy atom. The zero-order chi connectivity index (χ0) is 20.1. The second kappa shape index (κ2) is 9.30. The third-order valence-electron chi connectivity index (χ3n) is 5.45. The number of aliphatic hydroxyl groups is 1. The van der Waals surface area contributed by atoms with Crippen molar-refractivity contribution in [2.45, 2.75) is 61.7 Å². The van der Waals surface area contributed by atoms with Crippen LogP contribution < -0.4 is 10.0 Å². The van der Waals surface area contributed by atoms with Crippen LogP contribution in [0.25, 0.3) is 0 Å². The molecule has 2 fully saturated rings. The molecule has 3 N–H and O–H groups in total. The van der Waals surface area contributed by atoms with Crippen molar-refractivity contribution < 1.29 is 27.4 Å². The molecule has 7 nitrogen and oxygen atoms in total. The second-order valence-electron chi connectivity index (χ2n) is 7.45. The lowest BCUT2D eigenvalue weighted by molar-refractivity contribution is -0.127. The molecule has 9 heteroatoms. The molecule has 0 radical (unpaired) electrons. The average Bonchev–Trinajstić information content (AvgIpc) is 2.61. The fraction of sp³-hybridized carbons (Fsp3) is 0.632. The molecule has 0 aromatic heterocycles. The highest BCUT2D eigenvalue weighted by atomic mass is 32.2. The summed E-state index contributed by atoms with van der Waals surface area (Å²) in [5.41, 5.74) is 0. The summed E-state index contributed by atoms with van der Waals surface area (Å²) in [5, 5.41) is 12.5. The molecule has 0 unspecified atom stereocenters. The van der Waals surface area contributed by atoms with Gasteiger partial charge >= 0.3 is 0 Å². The van der Waals surface area contributed by atoms with E-state index in [1.807, 2.05) is 0 Å². The Bertz CT molecular complexity index is 784. The number of benzene rings is 1. The number of amides is 1. The van der Waals surface area contributed by atoms with Crippen LogP contribution in [-0.2, 0) is 19.6 Å². The van der Waals surface area contributed by atoms with E-state index in [2.05, 4.69) is 10.0 Å². The number of nitrogens with one attached hydrogen (secondary N) is 2. The van der Waals surface area contributed by atoms with Gasteiger partial charge in [0.1, 0.15) is 5.82 Å². The van der Waals surface area contributed by atoms with E-state index in [1.165, 1.54) is 18.2 Å². The highest BCUT2D eigenvalue weighted by Gasteiger charge is 2.34. The van der Waals surface area contributed by atoms with E-state index >= 15 is 0 Å². The van der Waals surface area contributed by atoms with E-state index < -0.39 is 28.0 Å². The predicted molar refractivity (Wildman–Crippen MR) is 100 cm³/mol. The smallest absolute Gasteiger partial charge is 0.241 e. The maximum atomic E-state index is 13.3. The van der Waals surface area contributed by atoms with Gasteiger partial charge in [-0.05, 0) is 50.3 Å². The van der Waals surface area contributed by atoms with Crippen molar-refractivity contribution >= 4 is 15.9 Å². The van der Waals surface area contributed by atoms with Gasteiger partial charge in [0.25, 0.3) is 0 Å². The molecular formula is C19H27FN2O5S. The van der Waals surface area contributed by atoms with Crippen molar-refractivity contribution in [3.05, 3.63) is 30.1 Å². The molecule has 1 saturated carbocycles. The quantitative estimate of drug-likeness (QED) is 0.595. The van der Waals surface area contributed by atoms with Crippen LogP contribution in [0.1, 0.15) is 38.5 Å². The van der Waals surface area contributed by atoms with Gasteiger partial charge in [0.15, 0.2) is 0 Å². The van der Waals surface area contributed by atoms with Gasteiger partial charge < -0.3 is 15.2 Å². The summed E-state index contributed by atoms with van der Waals surface area (Å²) in [7, 11) is -3.92. The van der Waals surface area contributed by atoms with Crippen LogP contribution in [0, 0.1) is 11.7 Å². The molecule has 1 aromatic carbocycles. The number of carbonyl (C=O) groups is 1. The molecule has 1 aliphatic carbocycles. The molecule has 1 amide bonds. The SMILES string of the molecule is O=C(NCC[C@@H]1CC[C@H](NS(=O)(=O)c2cccc(F)c2)[C@H](CO)O1)C1CCC1. The standard InChI is InChI=1S/C19H27FN2O5S/c20-14-5-2-6-16(11-14)28(25,26)22-17-8-7-15(27-18(17)12-23)9-10-21-19(24)13-3-1-4-13/h2,5-6,11,13,15,17-18,22-23H,1,3-4,7-10,12H2,(H,21,24)/t15-,17-,18-/m0/s1. The molecule has 0 bridgehead atoms. The fourth-order valence-electron chi connectivity index (χ4n) is 3.55. The minimum absolute atomic E-state index is 0.0847. The monoisotopic (exact) mass is 414 g/mol. The average molecular weight is 414 g/mol. The lowest BCUT2D eigenvalue weighted by atomic mass is 9.85. The molecule has 1 heterocycles. The number of halogens is 1. The minimum atomic E-state index is -3.92. The van der Waals surface area contributed by atoms with Gasteiger partial charge in [0.05, 0.1) is 29.8 Å². The molecule has 0 spiro atoms. The number of hydrogen-bond donors (Lipinski definition) is 3. The number of sulfonamides is 1. The van der Waals surface area contributed by atoms with Crippen molar-refractivity contribution in [1.82, 2.24) is 10.0 Å². The predicted octanol–water partition coefficient (Wildman–Crippen LogP) is 1.32. The van der Waals surface area contributed by atoms with Crippen LogP contribution in [0.3, 0.4) is 0 Å². The van der Waals surface area contributed by atoms with Crippen LogP contribution in [0.4, 0.5) is 4.39 Å². The zero-order valence-corrected chi connectivity index (χ0v) is 16.5. The Morgan fingerprint density at radius 1 is 1.25 bits per heavy atom. The van der Waals surface area contributed by atoms with Crippen LogP contribution >= 0.6 is 0 Å². The molecule has 1 aliphatic heterocycles. The topological polar surface area (TPSA) is 105 Å². The molecular weight excluding hydrogens is 387 g/mol. The first kappa shape index (κ1) is 21.2. The third-order valence-corrected chi connectivity index (χ3v) is 6.94. The third kappa shape index (κ3) is 5.28. The lowest BCUT2D eigenvalue weighted by Gasteiger charge is -2.36. The van der Waals surface area contributed by atoms with E-state index in [4.69, 9.17) is 4.74 Å². The zero-order valence-electron chi connectivity index (χ0n) is 15.6. The summed E-state index contributed by atoms with van der Waals surface area (Å²) in [6.45, 7) is 0.166. The van der Waals surface area contributed by atoms with E-state index in [-0.39, 0.29) is 29.4 Å². The number of aliphatic hydroxyl groups excluding tert-OH is 1. The van der Waals surface area contributed by atoms with Crippen LogP contribution in [0.2, 0.25) is 0 Å². The van der Waals surface area contributed by atoms with Gasteiger partial charge in [0.2, 0.25) is 15.9 Å². The van der Waals surface area contributed by atoms with Crippen LogP contribution in [0.5, 0.6) is 0 Å². The summed E-state index contributed by atoms with van der Waals surface area (Å²) in [4.78, 5) is 11.7.